The predicted molar refractivity (Wildman–Crippen MR) is 79.4 cm³/mol. The van der Waals surface area contributed by atoms with Crippen molar-refractivity contribution in [2.75, 3.05) is 0 Å². The summed E-state index contributed by atoms with van der Waals surface area (Å²) < 4.78 is 5.76. The van der Waals surface area contributed by atoms with Crippen LogP contribution in [0, 0.1) is 13.8 Å². The molecule has 2 aromatic carbocycles. The number of carbonyl (C=O) groups is 1. The van der Waals surface area contributed by atoms with Crippen LogP contribution in [0.4, 0.5) is 0 Å². The van der Waals surface area contributed by atoms with Crippen LogP contribution in [0.5, 0.6) is 17.2 Å². The topological polar surface area (TPSA) is 87.0 Å². The Labute approximate surface area is 127 Å². The van der Waals surface area contributed by atoms with E-state index in [9.17, 15) is 20.1 Å². The van der Waals surface area contributed by atoms with Gasteiger partial charge >= 0.3 is 0 Å². The molecule has 0 saturated carbocycles. The number of rotatable bonds is 1. The summed E-state index contributed by atoms with van der Waals surface area (Å²) in [7, 11) is 0. The Bertz CT molecular complexity index is 752. The molecule has 2 aromatic rings. The van der Waals surface area contributed by atoms with Gasteiger partial charge in [-0.1, -0.05) is 30.3 Å². The van der Waals surface area contributed by atoms with E-state index in [1.807, 2.05) is 6.07 Å². The van der Waals surface area contributed by atoms with E-state index in [2.05, 4.69) is 0 Å². The third-order valence-electron chi connectivity index (χ3n) is 4.04. The van der Waals surface area contributed by atoms with E-state index in [4.69, 9.17) is 4.74 Å². The van der Waals surface area contributed by atoms with Gasteiger partial charge in [0.15, 0.2) is 12.2 Å². The van der Waals surface area contributed by atoms with Crippen LogP contribution in [0.25, 0.3) is 0 Å². The SMILES string of the molecule is Cc1c(O)c(C)c2c(c1O)C(=O)C(O)C(c1ccccc1)O2. The van der Waals surface area contributed by atoms with Crippen LogP contribution in [-0.2, 0) is 0 Å². The van der Waals surface area contributed by atoms with Gasteiger partial charge in [-0.25, -0.2) is 0 Å². The van der Waals surface area contributed by atoms with Gasteiger partial charge in [0, 0.05) is 11.1 Å². The third kappa shape index (κ3) is 1.94. The molecule has 0 bridgehead atoms. The standard InChI is InChI=1S/C17H16O5/c1-8-12(18)9(2)16-11(13(8)19)14(20)15(21)17(22-16)10-6-4-3-5-7-10/h3-7,15,17-19,21H,1-2H3. The summed E-state index contributed by atoms with van der Waals surface area (Å²) in [4.78, 5) is 12.5. The Morgan fingerprint density at radius 3 is 2.27 bits per heavy atom. The number of hydrogen-bond acceptors (Lipinski definition) is 5. The summed E-state index contributed by atoms with van der Waals surface area (Å²) >= 11 is 0. The van der Waals surface area contributed by atoms with E-state index < -0.39 is 18.0 Å². The van der Waals surface area contributed by atoms with Crippen molar-refractivity contribution in [3.8, 4) is 17.2 Å². The van der Waals surface area contributed by atoms with Crippen LogP contribution in [0.15, 0.2) is 30.3 Å². The number of aromatic hydroxyl groups is 2. The van der Waals surface area contributed by atoms with Crippen LogP contribution in [0.2, 0.25) is 0 Å². The van der Waals surface area contributed by atoms with Crippen molar-refractivity contribution < 1.29 is 24.9 Å². The molecule has 3 rings (SSSR count). The molecule has 1 heterocycles. The maximum absolute atomic E-state index is 12.5. The predicted octanol–water partition coefficient (Wildman–Crippen LogP) is 2.39. The molecule has 0 aromatic heterocycles. The van der Waals surface area contributed by atoms with Gasteiger partial charge in [-0.15, -0.1) is 0 Å². The summed E-state index contributed by atoms with van der Waals surface area (Å²) in [5.74, 6) is -0.968. The number of phenols is 2. The highest BCUT2D eigenvalue weighted by Gasteiger charge is 2.40. The number of aliphatic hydroxyl groups excluding tert-OH is 1. The number of Topliss-reactive ketones (excluding diaryl/α,β-unsaturated/α-hetero) is 1. The first kappa shape index (κ1) is 14.4. The smallest absolute Gasteiger partial charge is 0.202 e. The highest BCUT2D eigenvalue weighted by atomic mass is 16.5. The monoisotopic (exact) mass is 300 g/mol. The van der Waals surface area contributed by atoms with E-state index in [1.165, 1.54) is 6.92 Å². The first-order chi connectivity index (χ1) is 10.4. The Kier molecular flexibility index (Phi) is 3.30. The van der Waals surface area contributed by atoms with E-state index in [0.717, 1.165) is 0 Å². The van der Waals surface area contributed by atoms with Crippen LogP contribution in [0.3, 0.4) is 0 Å². The minimum absolute atomic E-state index is 0.0764. The summed E-state index contributed by atoms with van der Waals surface area (Å²) in [5.41, 5.74) is 1.13. The Balaban J connectivity index is 2.19. The number of aliphatic hydroxyl groups is 1. The van der Waals surface area contributed by atoms with Crippen LogP contribution >= 0.6 is 0 Å². The zero-order valence-corrected chi connectivity index (χ0v) is 12.2. The molecular formula is C17H16O5. The molecule has 0 amide bonds. The van der Waals surface area contributed by atoms with Crippen LogP contribution in [-0.4, -0.2) is 27.2 Å². The van der Waals surface area contributed by atoms with E-state index in [-0.39, 0.29) is 28.4 Å². The lowest BCUT2D eigenvalue weighted by molar-refractivity contribution is 0.0207. The molecule has 5 nitrogen and oxygen atoms in total. The molecule has 0 radical (unpaired) electrons. The number of fused-ring (bicyclic) bond motifs is 1. The van der Waals surface area contributed by atoms with Gasteiger partial charge in [-0.05, 0) is 19.4 Å². The first-order valence-corrected chi connectivity index (χ1v) is 6.92. The van der Waals surface area contributed by atoms with Crippen molar-refractivity contribution in [2.45, 2.75) is 26.1 Å². The van der Waals surface area contributed by atoms with Gasteiger partial charge in [-0.2, -0.15) is 0 Å². The molecule has 0 spiro atoms. The van der Waals surface area contributed by atoms with Crippen molar-refractivity contribution in [1.82, 2.24) is 0 Å². The van der Waals surface area contributed by atoms with Gasteiger partial charge in [0.25, 0.3) is 0 Å². The fourth-order valence-electron chi connectivity index (χ4n) is 2.73. The summed E-state index contributed by atoms with van der Waals surface area (Å²) in [6, 6.07) is 8.87. The van der Waals surface area contributed by atoms with Crippen molar-refractivity contribution in [3.63, 3.8) is 0 Å². The molecule has 0 fully saturated rings. The summed E-state index contributed by atoms with van der Waals surface area (Å²) in [6.07, 6.45) is -2.29. The maximum atomic E-state index is 12.5. The lowest BCUT2D eigenvalue weighted by atomic mass is 9.90. The molecule has 1 aliphatic rings. The quantitative estimate of drug-likeness (QED) is 0.752. The fourth-order valence-corrected chi connectivity index (χ4v) is 2.73. The number of benzene rings is 2. The molecule has 5 heteroatoms. The first-order valence-electron chi connectivity index (χ1n) is 6.92. The summed E-state index contributed by atoms with van der Waals surface area (Å²) in [5, 5.41) is 30.4. The molecule has 2 atom stereocenters. The second-order valence-electron chi connectivity index (χ2n) is 5.41. The van der Waals surface area contributed by atoms with Crippen LogP contribution < -0.4 is 4.74 Å². The Hall–Kier alpha value is -2.53. The Morgan fingerprint density at radius 1 is 1.00 bits per heavy atom. The van der Waals surface area contributed by atoms with Gasteiger partial charge in [-0.3, -0.25) is 4.79 Å². The van der Waals surface area contributed by atoms with Crippen molar-refractivity contribution in [1.29, 1.82) is 0 Å². The average Bonchev–Trinajstić information content (AvgIpc) is 2.54. The number of ether oxygens (including phenoxy) is 1. The van der Waals surface area contributed by atoms with E-state index >= 15 is 0 Å². The molecule has 2 unspecified atom stereocenters. The highest BCUT2D eigenvalue weighted by Crippen LogP contribution is 2.47. The maximum Gasteiger partial charge on any atom is 0.202 e. The second kappa shape index (κ2) is 5.03. The average molecular weight is 300 g/mol. The zero-order chi connectivity index (χ0) is 16.0. The summed E-state index contributed by atoms with van der Waals surface area (Å²) in [6.45, 7) is 3.11. The third-order valence-corrected chi connectivity index (χ3v) is 4.04. The van der Waals surface area contributed by atoms with Gasteiger partial charge in [0.2, 0.25) is 5.78 Å². The van der Waals surface area contributed by atoms with E-state index in [1.54, 1.807) is 31.2 Å². The fraction of sp³-hybridized carbons (Fsp3) is 0.235. The van der Waals surface area contributed by atoms with Gasteiger partial charge < -0.3 is 20.1 Å². The molecule has 0 saturated heterocycles. The lowest BCUT2D eigenvalue weighted by Crippen LogP contribution is -2.36. The van der Waals surface area contributed by atoms with Crippen molar-refractivity contribution >= 4 is 5.78 Å². The second-order valence-corrected chi connectivity index (χ2v) is 5.41. The molecule has 0 aliphatic carbocycles. The lowest BCUT2D eigenvalue weighted by Gasteiger charge is -2.31. The minimum Gasteiger partial charge on any atom is -0.507 e. The number of phenolic OH excluding ortho intramolecular Hbond substituents is 2. The molecule has 114 valence electrons. The van der Waals surface area contributed by atoms with Crippen molar-refractivity contribution in [2.24, 2.45) is 0 Å². The van der Waals surface area contributed by atoms with Crippen LogP contribution in [0.1, 0.15) is 33.2 Å². The molecule has 3 N–H and O–H groups in total. The normalized spacial score (nSPS) is 20.4. The molecule has 1 aliphatic heterocycles. The van der Waals surface area contributed by atoms with E-state index in [0.29, 0.717) is 11.1 Å². The largest absolute Gasteiger partial charge is 0.507 e. The van der Waals surface area contributed by atoms with Gasteiger partial charge in [0.05, 0.1) is 0 Å². The number of carbonyl (C=O) groups excluding carboxylic acids is 1. The Morgan fingerprint density at radius 2 is 1.64 bits per heavy atom. The molecular weight excluding hydrogens is 284 g/mol. The zero-order valence-electron chi connectivity index (χ0n) is 12.2. The number of hydrogen-bond donors (Lipinski definition) is 3. The highest BCUT2D eigenvalue weighted by molar-refractivity contribution is 6.06. The number of ketones is 1. The van der Waals surface area contributed by atoms with Crippen molar-refractivity contribution in [3.05, 3.63) is 52.6 Å². The minimum atomic E-state index is -1.41. The van der Waals surface area contributed by atoms with Gasteiger partial charge in [0.1, 0.15) is 22.8 Å². The molecule has 22 heavy (non-hydrogen) atoms.